The van der Waals surface area contributed by atoms with Crippen molar-refractivity contribution in [1.29, 1.82) is 0 Å². The van der Waals surface area contributed by atoms with Crippen LogP contribution in [0.3, 0.4) is 0 Å². The zero-order chi connectivity index (χ0) is 14.8. The molecule has 1 heterocycles. The number of piperidine rings is 1. The van der Waals surface area contributed by atoms with Crippen molar-refractivity contribution in [2.24, 2.45) is 11.3 Å². The summed E-state index contributed by atoms with van der Waals surface area (Å²) in [5.74, 6) is 0.0266. The van der Waals surface area contributed by atoms with E-state index >= 15 is 0 Å². The summed E-state index contributed by atoms with van der Waals surface area (Å²) in [6, 6.07) is 4.37. The van der Waals surface area contributed by atoms with E-state index in [1.807, 2.05) is 13.8 Å². The Morgan fingerprint density at radius 2 is 2.25 bits per heavy atom. The summed E-state index contributed by atoms with van der Waals surface area (Å²) in [6.07, 6.45) is 2.24. The van der Waals surface area contributed by atoms with Gasteiger partial charge in [-0.2, -0.15) is 0 Å². The van der Waals surface area contributed by atoms with Crippen LogP contribution in [0.4, 0.5) is 4.39 Å². The normalized spacial score (nSPS) is 19.9. The van der Waals surface area contributed by atoms with Gasteiger partial charge in [-0.15, -0.1) is 0 Å². The second-order valence-electron chi connectivity index (χ2n) is 6.10. The molecule has 1 fully saturated rings. The summed E-state index contributed by atoms with van der Waals surface area (Å²) in [5, 5.41) is 3.80. The van der Waals surface area contributed by atoms with Crippen LogP contribution in [0, 0.1) is 17.2 Å². The maximum atomic E-state index is 13.7. The molecule has 2 nitrogen and oxygen atoms in total. The number of carbonyl (C=O) groups is 1. The molecule has 1 atom stereocenters. The van der Waals surface area contributed by atoms with Crippen molar-refractivity contribution in [2.45, 2.75) is 33.1 Å². The Kier molecular flexibility index (Phi) is 4.82. The predicted molar refractivity (Wildman–Crippen MR) is 79.5 cm³/mol. The molecule has 110 valence electrons. The Morgan fingerprint density at radius 1 is 1.50 bits per heavy atom. The Balaban J connectivity index is 2.11. The molecule has 2 rings (SSSR count). The Hall–Kier alpha value is -0.930. The average Bonchev–Trinajstić information content (AvgIpc) is 2.43. The highest BCUT2D eigenvalue weighted by Gasteiger charge is 2.36. The van der Waals surface area contributed by atoms with Crippen LogP contribution >= 0.6 is 11.6 Å². The third-order valence-electron chi connectivity index (χ3n) is 4.39. The number of Topliss-reactive ketones (excluding diaryl/α,β-unsaturated/α-hetero) is 1. The molecule has 0 bridgehead atoms. The molecule has 0 saturated carbocycles. The lowest BCUT2D eigenvalue weighted by Crippen LogP contribution is -2.43. The molecule has 0 aliphatic carbocycles. The molecular formula is C16H21ClFNO. The first-order valence-corrected chi connectivity index (χ1v) is 7.47. The Labute approximate surface area is 124 Å². The van der Waals surface area contributed by atoms with Gasteiger partial charge in [0.15, 0.2) is 0 Å². The van der Waals surface area contributed by atoms with Crippen molar-refractivity contribution in [3.05, 3.63) is 34.6 Å². The molecule has 4 heteroatoms. The second-order valence-corrected chi connectivity index (χ2v) is 6.54. The van der Waals surface area contributed by atoms with Crippen molar-refractivity contribution in [3.63, 3.8) is 0 Å². The lowest BCUT2D eigenvalue weighted by Gasteiger charge is -2.36. The minimum Gasteiger partial charge on any atom is -0.316 e. The Bertz CT molecular complexity index is 495. The number of ketones is 1. The van der Waals surface area contributed by atoms with Crippen molar-refractivity contribution in [3.8, 4) is 0 Å². The summed E-state index contributed by atoms with van der Waals surface area (Å²) in [6.45, 7) is 5.81. The first-order valence-electron chi connectivity index (χ1n) is 7.09. The van der Waals surface area contributed by atoms with Gasteiger partial charge in [-0.25, -0.2) is 4.39 Å². The fourth-order valence-corrected chi connectivity index (χ4v) is 2.97. The minimum atomic E-state index is -0.442. The van der Waals surface area contributed by atoms with E-state index in [4.69, 9.17) is 11.6 Å². The van der Waals surface area contributed by atoms with Crippen LogP contribution in [0.15, 0.2) is 18.2 Å². The summed E-state index contributed by atoms with van der Waals surface area (Å²) in [5.41, 5.74) is -0.0540. The van der Waals surface area contributed by atoms with E-state index in [1.54, 1.807) is 6.07 Å². The van der Waals surface area contributed by atoms with Gasteiger partial charge in [0.05, 0.1) is 0 Å². The van der Waals surface area contributed by atoms with Crippen molar-refractivity contribution >= 4 is 17.4 Å². The number of nitrogens with one attached hydrogen (secondary N) is 1. The highest BCUT2D eigenvalue weighted by molar-refractivity contribution is 6.30. The smallest absolute Gasteiger partial charge is 0.143 e. The van der Waals surface area contributed by atoms with Gasteiger partial charge < -0.3 is 5.32 Å². The van der Waals surface area contributed by atoms with Crippen molar-refractivity contribution in [2.75, 3.05) is 13.1 Å². The molecule has 1 aliphatic rings. The zero-order valence-electron chi connectivity index (χ0n) is 12.0. The first kappa shape index (κ1) is 15.5. The van der Waals surface area contributed by atoms with Crippen LogP contribution in [0.25, 0.3) is 0 Å². The third kappa shape index (κ3) is 3.39. The third-order valence-corrected chi connectivity index (χ3v) is 4.63. The second kappa shape index (κ2) is 6.23. The van der Waals surface area contributed by atoms with Gasteiger partial charge in [0, 0.05) is 16.9 Å². The summed E-state index contributed by atoms with van der Waals surface area (Å²) < 4.78 is 13.7. The molecule has 1 aromatic carbocycles. The van der Waals surface area contributed by atoms with Crippen LogP contribution in [0.1, 0.15) is 32.3 Å². The Morgan fingerprint density at radius 3 is 2.90 bits per heavy atom. The molecule has 0 spiro atoms. The van der Waals surface area contributed by atoms with Gasteiger partial charge in [-0.3, -0.25) is 4.79 Å². The van der Waals surface area contributed by atoms with Crippen LogP contribution in [0.5, 0.6) is 0 Å². The topological polar surface area (TPSA) is 29.1 Å². The van der Waals surface area contributed by atoms with Crippen LogP contribution in [-0.2, 0) is 11.2 Å². The van der Waals surface area contributed by atoms with Gasteiger partial charge in [0.2, 0.25) is 0 Å². The molecular weight excluding hydrogens is 277 g/mol. The maximum absolute atomic E-state index is 13.7. The van der Waals surface area contributed by atoms with E-state index in [-0.39, 0.29) is 18.0 Å². The van der Waals surface area contributed by atoms with Gasteiger partial charge in [0.25, 0.3) is 0 Å². The van der Waals surface area contributed by atoms with E-state index in [0.29, 0.717) is 16.5 Å². The lowest BCUT2D eigenvalue weighted by molar-refractivity contribution is -0.129. The number of hydrogen-bond donors (Lipinski definition) is 1. The van der Waals surface area contributed by atoms with E-state index in [0.717, 1.165) is 25.9 Å². The van der Waals surface area contributed by atoms with Crippen molar-refractivity contribution in [1.82, 2.24) is 5.32 Å². The van der Waals surface area contributed by atoms with Crippen molar-refractivity contribution < 1.29 is 9.18 Å². The van der Waals surface area contributed by atoms with E-state index in [2.05, 4.69) is 5.32 Å². The number of carbonyl (C=O) groups excluding carboxylic acids is 1. The molecule has 20 heavy (non-hydrogen) atoms. The summed E-state index contributed by atoms with van der Waals surface area (Å²) >= 11 is 5.88. The lowest BCUT2D eigenvalue weighted by atomic mass is 9.71. The van der Waals surface area contributed by atoms with Crippen LogP contribution in [0.2, 0.25) is 5.02 Å². The van der Waals surface area contributed by atoms with Gasteiger partial charge in [-0.1, -0.05) is 25.4 Å². The molecule has 0 radical (unpaired) electrons. The fourth-order valence-electron chi connectivity index (χ4n) is 2.78. The number of benzene rings is 1. The van der Waals surface area contributed by atoms with E-state index < -0.39 is 5.41 Å². The summed E-state index contributed by atoms with van der Waals surface area (Å²) in [7, 11) is 0. The SMILES string of the molecule is CC(C)(C(=O)Cc1cc(Cl)ccc1F)C1CCCNC1. The molecule has 1 aromatic rings. The first-order chi connectivity index (χ1) is 9.41. The maximum Gasteiger partial charge on any atom is 0.143 e. The highest BCUT2D eigenvalue weighted by atomic mass is 35.5. The minimum absolute atomic E-state index is 0.0763. The van der Waals surface area contributed by atoms with E-state index in [9.17, 15) is 9.18 Å². The molecule has 1 aliphatic heterocycles. The van der Waals surface area contributed by atoms with Crippen LogP contribution in [-0.4, -0.2) is 18.9 Å². The number of rotatable bonds is 4. The molecule has 1 saturated heterocycles. The number of halogens is 2. The monoisotopic (exact) mass is 297 g/mol. The number of hydrogen-bond acceptors (Lipinski definition) is 2. The molecule has 1 unspecified atom stereocenters. The predicted octanol–water partition coefficient (Wildman–Crippen LogP) is 3.62. The van der Waals surface area contributed by atoms with E-state index in [1.165, 1.54) is 12.1 Å². The quantitative estimate of drug-likeness (QED) is 0.920. The van der Waals surface area contributed by atoms with Crippen LogP contribution < -0.4 is 5.32 Å². The highest BCUT2D eigenvalue weighted by Crippen LogP contribution is 2.34. The van der Waals surface area contributed by atoms with Gasteiger partial charge in [0.1, 0.15) is 11.6 Å². The molecule has 0 amide bonds. The standard InChI is InChI=1S/C16H21ClFNO/c1-16(2,12-4-3-7-19-10-12)15(20)9-11-8-13(17)5-6-14(11)18/h5-6,8,12,19H,3-4,7,9-10H2,1-2H3. The summed E-state index contributed by atoms with van der Waals surface area (Å²) in [4.78, 5) is 12.6. The van der Waals surface area contributed by atoms with Gasteiger partial charge >= 0.3 is 0 Å². The van der Waals surface area contributed by atoms with Gasteiger partial charge in [-0.05, 0) is 55.6 Å². The zero-order valence-corrected chi connectivity index (χ0v) is 12.8. The average molecular weight is 298 g/mol. The molecule has 0 aromatic heterocycles. The fraction of sp³-hybridized carbons (Fsp3) is 0.562. The molecule has 1 N–H and O–H groups in total. The largest absolute Gasteiger partial charge is 0.316 e.